The van der Waals surface area contributed by atoms with Crippen LogP contribution in [-0.4, -0.2) is 44.5 Å². The Morgan fingerprint density at radius 2 is 1.81 bits per heavy atom. The number of ether oxygens (including phenoxy) is 2. The van der Waals surface area contributed by atoms with Gasteiger partial charge < -0.3 is 19.7 Å². The summed E-state index contributed by atoms with van der Waals surface area (Å²) in [7, 11) is 4.84. The van der Waals surface area contributed by atoms with Crippen LogP contribution in [-0.2, 0) is 11.3 Å². The summed E-state index contributed by atoms with van der Waals surface area (Å²) >= 11 is 6.00. The lowest BCUT2D eigenvalue weighted by Crippen LogP contribution is -2.32. The minimum absolute atomic E-state index is 0.0978. The predicted octanol–water partition coefficient (Wildman–Crippen LogP) is 3.14. The molecule has 144 valence electrons. The fraction of sp³-hybridized carbons (Fsp3) is 0.300. The van der Waals surface area contributed by atoms with Crippen molar-refractivity contribution in [3.8, 4) is 11.5 Å². The van der Waals surface area contributed by atoms with Gasteiger partial charge in [-0.05, 0) is 18.2 Å². The van der Waals surface area contributed by atoms with Crippen LogP contribution in [0.15, 0.2) is 42.5 Å². The SMILES string of the molecule is COc1cccc(CN(C)C(=O)CCNC(=O)c2ccccc2Cl)c1OC. The first-order valence-corrected chi connectivity index (χ1v) is 8.82. The highest BCUT2D eigenvalue weighted by molar-refractivity contribution is 6.33. The first-order valence-electron chi connectivity index (χ1n) is 8.44. The van der Waals surface area contributed by atoms with Gasteiger partial charge in [0.1, 0.15) is 0 Å². The number of methoxy groups -OCH3 is 2. The van der Waals surface area contributed by atoms with Crippen molar-refractivity contribution < 1.29 is 19.1 Å². The second-order valence-corrected chi connectivity index (χ2v) is 6.30. The molecule has 0 aliphatic heterocycles. The summed E-state index contributed by atoms with van der Waals surface area (Å²) < 4.78 is 10.7. The van der Waals surface area contributed by atoms with Crippen molar-refractivity contribution in [2.24, 2.45) is 0 Å². The normalized spacial score (nSPS) is 10.2. The zero-order chi connectivity index (χ0) is 19.8. The molecule has 0 aliphatic rings. The van der Waals surface area contributed by atoms with E-state index in [1.54, 1.807) is 56.5 Å². The number of halogens is 1. The van der Waals surface area contributed by atoms with E-state index in [9.17, 15) is 9.59 Å². The fourth-order valence-corrected chi connectivity index (χ4v) is 2.86. The van der Waals surface area contributed by atoms with Crippen molar-refractivity contribution >= 4 is 23.4 Å². The van der Waals surface area contributed by atoms with Crippen molar-refractivity contribution in [1.29, 1.82) is 0 Å². The molecule has 6 nitrogen and oxygen atoms in total. The Hall–Kier alpha value is -2.73. The number of hydrogen-bond acceptors (Lipinski definition) is 4. The minimum atomic E-state index is -0.300. The monoisotopic (exact) mass is 390 g/mol. The number of amides is 2. The number of nitrogens with one attached hydrogen (secondary N) is 1. The molecular weight excluding hydrogens is 368 g/mol. The largest absolute Gasteiger partial charge is 0.493 e. The van der Waals surface area contributed by atoms with Gasteiger partial charge in [-0.15, -0.1) is 0 Å². The summed E-state index contributed by atoms with van der Waals surface area (Å²) in [6.07, 6.45) is 0.180. The van der Waals surface area contributed by atoms with Gasteiger partial charge in [-0.25, -0.2) is 0 Å². The van der Waals surface area contributed by atoms with E-state index in [4.69, 9.17) is 21.1 Å². The highest BCUT2D eigenvalue weighted by atomic mass is 35.5. The van der Waals surface area contributed by atoms with Gasteiger partial charge in [-0.1, -0.05) is 35.9 Å². The lowest BCUT2D eigenvalue weighted by Gasteiger charge is -2.20. The average Bonchev–Trinajstić information content (AvgIpc) is 2.67. The van der Waals surface area contributed by atoms with Gasteiger partial charge in [0.15, 0.2) is 11.5 Å². The molecule has 0 unspecified atom stereocenters. The van der Waals surface area contributed by atoms with E-state index in [0.717, 1.165) is 5.56 Å². The summed E-state index contributed by atoms with van der Waals surface area (Å²) in [6.45, 7) is 0.597. The molecule has 2 amide bonds. The fourth-order valence-electron chi connectivity index (χ4n) is 2.64. The van der Waals surface area contributed by atoms with E-state index >= 15 is 0 Å². The van der Waals surface area contributed by atoms with Gasteiger partial charge in [-0.3, -0.25) is 9.59 Å². The molecule has 0 atom stereocenters. The molecule has 0 aromatic heterocycles. The predicted molar refractivity (Wildman–Crippen MR) is 104 cm³/mol. The van der Waals surface area contributed by atoms with E-state index in [2.05, 4.69) is 5.32 Å². The van der Waals surface area contributed by atoms with Crippen molar-refractivity contribution in [2.75, 3.05) is 27.8 Å². The lowest BCUT2D eigenvalue weighted by atomic mass is 10.1. The van der Waals surface area contributed by atoms with Crippen LogP contribution in [0.5, 0.6) is 11.5 Å². The smallest absolute Gasteiger partial charge is 0.252 e. The van der Waals surface area contributed by atoms with Gasteiger partial charge in [0, 0.05) is 32.1 Å². The highest BCUT2D eigenvalue weighted by Crippen LogP contribution is 2.31. The molecule has 2 aromatic carbocycles. The number of hydrogen-bond donors (Lipinski definition) is 1. The average molecular weight is 391 g/mol. The third-order valence-electron chi connectivity index (χ3n) is 4.06. The maximum Gasteiger partial charge on any atom is 0.252 e. The van der Waals surface area contributed by atoms with Crippen molar-refractivity contribution in [2.45, 2.75) is 13.0 Å². The Labute approximate surface area is 164 Å². The van der Waals surface area contributed by atoms with Gasteiger partial charge in [0.2, 0.25) is 5.91 Å². The maximum atomic E-state index is 12.4. The number of carbonyl (C=O) groups is 2. The van der Waals surface area contributed by atoms with E-state index in [1.807, 2.05) is 12.1 Å². The van der Waals surface area contributed by atoms with Gasteiger partial charge in [0.25, 0.3) is 5.91 Å². The first kappa shape index (κ1) is 20.6. The number of rotatable bonds is 8. The molecular formula is C20H23ClN2O4. The van der Waals surface area contributed by atoms with Crippen LogP contribution in [0.1, 0.15) is 22.3 Å². The Kier molecular flexibility index (Phi) is 7.49. The Balaban J connectivity index is 1.89. The second-order valence-electron chi connectivity index (χ2n) is 5.89. The standard InChI is InChI=1S/C20H23ClN2O4/c1-23(13-14-7-6-10-17(26-2)19(14)27-3)18(24)11-12-22-20(25)15-8-4-5-9-16(15)21/h4-10H,11-13H2,1-3H3,(H,22,25). The van der Waals surface area contributed by atoms with Crippen LogP contribution in [0.4, 0.5) is 0 Å². The second kappa shape index (κ2) is 9.83. The Bertz CT molecular complexity index is 810. The minimum Gasteiger partial charge on any atom is -0.493 e. The highest BCUT2D eigenvalue weighted by Gasteiger charge is 2.15. The van der Waals surface area contributed by atoms with Gasteiger partial charge in [-0.2, -0.15) is 0 Å². The van der Waals surface area contributed by atoms with Crippen LogP contribution in [0.2, 0.25) is 5.02 Å². The van der Waals surface area contributed by atoms with Crippen molar-refractivity contribution in [1.82, 2.24) is 10.2 Å². The summed E-state index contributed by atoms with van der Waals surface area (Å²) in [4.78, 5) is 26.1. The van der Waals surface area contributed by atoms with Crippen LogP contribution in [0, 0.1) is 0 Å². The summed E-state index contributed by atoms with van der Waals surface area (Å²) in [5.41, 5.74) is 1.23. The molecule has 1 N–H and O–H groups in total. The molecule has 0 fully saturated rings. The number of benzene rings is 2. The Morgan fingerprint density at radius 1 is 1.07 bits per heavy atom. The molecule has 0 aliphatic carbocycles. The van der Waals surface area contributed by atoms with E-state index in [0.29, 0.717) is 28.6 Å². The number of para-hydroxylation sites is 1. The first-order chi connectivity index (χ1) is 13.0. The zero-order valence-electron chi connectivity index (χ0n) is 15.6. The number of nitrogens with zero attached hydrogens (tertiary/aromatic N) is 1. The summed E-state index contributed by atoms with van der Waals surface area (Å²) in [5, 5.41) is 3.09. The zero-order valence-corrected chi connectivity index (χ0v) is 16.4. The molecule has 0 saturated carbocycles. The summed E-state index contributed by atoms with van der Waals surface area (Å²) in [6, 6.07) is 12.3. The maximum absolute atomic E-state index is 12.4. The molecule has 0 spiro atoms. The molecule has 0 radical (unpaired) electrons. The van der Waals surface area contributed by atoms with Crippen molar-refractivity contribution in [3.63, 3.8) is 0 Å². The third kappa shape index (κ3) is 5.37. The molecule has 27 heavy (non-hydrogen) atoms. The molecule has 7 heteroatoms. The van der Waals surface area contributed by atoms with Crippen LogP contribution in [0.25, 0.3) is 0 Å². The van der Waals surface area contributed by atoms with Crippen LogP contribution >= 0.6 is 11.6 Å². The van der Waals surface area contributed by atoms with Crippen LogP contribution in [0.3, 0.4) is 0 Å². The number of carbonyl (C=O) groups excluding carboxylic acids is 2. The molecule has 0 saturated heterocycles. The molecule has 0 heterocycles. The lowest BCUT2D eigenvalue weighted by molar-refractivity contribution is -0.130. The van der Waals surface area contributed by atoms with E-state index < -0.39 is 0 Å². The molecule has 2 rings (SSSR count). The topological polar surface area (TPSA) is 67.9 Å². The quantitative estimate of drug-likeness (QED) is 0.751. The van der Waals surface area contributed by atoms with Gasteiger partial charge >= 0.3 is 0 Å². The van der Waals surface area contributed by atoms with Crippen LogP contribution < -0.4 is 14.8 Å². The summed E-state index contributed by atoms with van der Waals surface area (Å²) in [5.74, 6) is 0.819. The Morgan fingerprint density at radius 3 is 2.48 bits per heavy atom. The van der Waals surface area contributed by atoms with Crippen molar-refractivity contribution in [3.05, 3.63) is 58.6 Å². The van der Waals surface area contributed by atoms with Gasteiger partial charge in [0.05, 0.1) is 24.8 Å². The van der Waals surface area contributed by atoms with E-state index in [1.165, 1.54) is 0 Å². The molecule has 2 aromatic rings. The molecule has 0 bridgehead atoms. The third-order valence-corrected chi connectivity index (χ3v) is 4.39. The van der Waals surface area contributed by atoms with E-state index in [-0.39, 0.29) is 24.8 Å².